The van der Waals surface area contributed by atoms with Gasteiger partial charge in [-0.1, -0.05) is 0 Å². The van der Waals surface area contributed by atoms with E-state index in [4.69, 9.17) is 9.15 Å². The van der Waals surface area contributed by atoms with Crippen LogP contribution in [0.1, 0.15) is 26.6 Å². The Bertz CT molecular complexity index is 830. The number of nitrogens with zero attached hydrogens (tertiary/aromatic N) is 1. The molecule has 2 heterocycles. The van der Waals surface area contributed by atoms with E-state index in [1.807, 2.05) is 5.38 Å². The van der Waals surface area contributed by atoms with E-state index in [9.17, 15) is 9.59 Å². The van der Waals surface area contributed by atoms with Crippen molar-refractivity contribution in [3.05, 3.63) is 70.6 Å². The van der Waals surface area contributed by atoms with Crippen LogP contribution in [0, 0.1) is 0 Å². The lowest BCUT2D eigenvalue weighted by molar-refractivity contribution is 0.0910. The maximum atomic E-state index is 12.1. The third-order valence-electron chi connectivity index (χ3n) is 3.43. The minimum atomic E-state index is -0.314. The summed E-state index contributed by atoms with van der Waals surface area (Å²) >= 11 is 1.52. The molecule has 0 aliphatic rings. The summed E-state index contributed by atoms with van der Waals surface area (Å²) in [7, 11) is 0. The number of thiazole rings is 1. The van der Waals surface area contributed by atoms with Crippen molar-refractivity contribution in [2.24, 2.45) is 0 Å². The standard InChI is InChI=1S/C18H17N3O4S/c22-17(19-7-8-20-18(23)16-2-1-9-24-16)13-3-5-15(6-4-13)25-10-14-11-26-12-21-14/h1-6,9,11-12H,7-8,10H2,(H,19,22)(H,20,23). The normalized spacial score (nSPS) is 10.3. The van der Waals surface area contributed by atoms with Gasteiger partial charge in [0.1, 0.15) is 12.4 Å². The Hall–Kier alpha value is -3.13. The molecule has 0 bridgehead atoms. The first kappa shape index (κ1) is 17.7. The highest BCUT2D eigenvalue weighted by Crippen LogP contribution is 2.14. The monoisotopic (exact) mass is 371 g/mol. The fourth-order valence-electron chi connectivity index (χ4n) is 2.12. The van der Waals surface area contributed by atoms with Gasteiger partial charge >= 0.3 is 0 Å². The van der Waals surface area contributed by atoms with Gasteiger partial charge < -0.3 is 19.8 Å². The van der Waals surface area contributed by atoms with E-state index >= 15 is 0 Å². The van der Waals surface area contributed by atoms with E-state index in [1.54, 1.807) is 41.9 Å². The summed E-state index contributed by atoms with van der Waals surface area (Å²) in [5.41, 5.74) is 3.14. The Morgan fingerprint density at radius 1 is 1.08 bits per heavy atom. The topological polar surface area (TPSA) is 93.5 Å². The lowest BCUT2D eigenvalue weighted by Gasteiger charge is -2.08. The van der Waals surface area contributed by atoms with Crippen LogP contribution in [0.4, 0.5) is 0 Å². The molecule has 2 aromatic heterocycles. The van der Waals surface area contributed by atoms with Crippen LogP contribution in [-0.4, -0.2) is 29.9 Å². The molecule has 0 radical (unpaired) electrons. The second kappa shape index (κ2) is 8.82. The average molecular weight is 371 g/mol. The Balaban J connectivity index is 1.39. The number of furan rings is 1. The van der Waals surface area contributed by atoms with Gasteiger partial charge in [-0.2, -0.15) is 0 Å². The highest BCUT2D eigenvalue weighted by atomic mass is 32.1. The zero-order valence-electron chi connectivity index (χ0n) is 13.8. The van der Waals surface area contributed by atoms with Gasteiger partial charge in [-0.25, -0.2) is 4.98 Å². The predicted molar refractivity (Wildman–Crippen MR) is 96.3 cm³/mol. The van der Waals surface area contributed by atoms with Crippen molar-refractivity contribution in [1.29, 1.82) is 0 Å². The van der Waals surface area contributed by atoms with Crippen LogP contribution < -0.4 is 15.4 Å². The molecule has 0 saturated heterocycles. The predicted octanol–water partition coefficient (Wildman–Crippen LogP) is 2.47. The van der Waals surface area contributed by atoms with E-state index in [2.05, 4.69) is 15.6 Å². The molecule has 0 saturated carbocycles. The third-order valence-corrected chi connectivity index (χ3v) is 4.06. The molecule has 2 N–H and O–H groups in total. The molecule has 0 aliphatic carbocycles. The van der Waals surface area contributed by atoms with Gasteiger partial charge in [-0.05, 0) is 36.4 Å². The molecule has 3 rings (SSSR count). The maximum absolute atomic E-state index is 12.1. The van der Waals surface area contributed by atoms with Gasteiger partial charge in [0.15, 0.2) is 5.76 Å². The van der Waals surface area contributed by atoms with Crippen molar-refractivity contribution in [2.75, 3.05) is 13.1 Å². The minimum Gasteiger partial charge on any atom is -0.487 e. The lowest BCUT2D eigenvalue weighted by atomic mass is 10.2. The van der Waals surface area contributed by atoms with Gasteiger partial charge in [-0.15, -0.1) is 11.3 Å². The van der Waals surface area contributed by atoms with Crippen molar-refractivity contribution < 1.29 is 18.7 Å². The number of hydrogen-bond acceptors (Lipinski definition) is 6. The van der Waals surface area contributed by atoms with Crippen LogP contribution in [0.25, 0.3) is 0 Å². The number of benzene rings is 1. The highest BCUT2D eigenvalue weighted by Gasteiger charge is 2.08. The molecule has 7 nitrogen and oxygen atoms in total. The first-order valence-corrected chi connectivity index (χ1v) is 8.86. The molecule has 0 fully saturated rings. The van der Waals surface area contributed by atoms with E-state index < -0.39 is 0 Å². The first-order valence-electron chi connectivity index (χ1n) is 7.92. The molecule has 134 valence electrons. The number of rotatable bonds is 8. The van der Waals surface area contributed by atoms with E-state index in [1.165, 1.54) is 17.6 Å². The minimum absolute atomic E-state index is 0.219. The zero-order valence-corrected chi connectivity index (χ0v) is 14.6. The summed E-state index contributed by atoms with van der Waals surface area (Å²) < 4.78 is 10.6. The third kappa shape index (κ3) is 4.93. The second-order valence-corrected chi connectivity index (χ2v) is 6.00. The molecule has 0 atom stereocenters. The maximum Gasteiger partial charge on any atom is 0.287 e. The zero-order chi connectivity index (χ0) is 18.2. The lowest BCUT2D eigenvalue weighted by Crippen LogP contribution is -2.34. The number of aromatic nitrogens is 1. The highest BCUT2D eigenvalue weighted by molar-refractivity contribution is 7.07. The van der Waals surface area contributed by atoms with Gasteiger partial charge in [0, 0.05) is 24.0 Å². The van der Waals surface area contributed by atoms with Crippen LogP contribution in [0.15, 0.2) is 58.0 Å². The summed E-state index contributed by atoms with van der Waals surface area (Å²) in [6.07, 6.45) is 1.43. The molecule has 26 heavy (non-hydrogen) atoms. The average Bonchev–Trinajstić information content (AvgIpc) is 3.37. The van der Waals surface area contributed by atoms with E-state index in [0.717, 1.165) is 5.69 Å². The van der Waals surface area contributed by atoms with Gasteiger partial charge in [0.25, 0.3) is 11.8 Å². The van der Waals surface area contributed by atoms with Crippen molar-refractivity contribution in [2.45, 2.75) is 6.61 Å². The molecule has 0 aliphatic heterocycles. The fourth-order valence-corrected chi connectivity index (χ4v) is 2.66. The molecule has 0 spiro atoms. The Kier molecular flexibility index (Phi) is 6.00. The molecule has 0 unspecified atom stereocenters. The summed E-state index contributed by atoms with van der Waals surface area (Å²) in [5.74, 6) is 0.374. The largest absolute Gasteiger partial charge is 0.487 e. The van der Waals surface area contributed by atoms with E-state index in [0.29, 0.717) is 31.0 Å². The number of amides is 2. The summed E-state index contributed by atoms with van der Waals surface area (Å²) in [4.78, 5) is 27.9. The number of carbonyl (C=O) groups excluding carboxylic acids is 2. The van der Waals surface area contributed by atoms with Crippen molar-refractivity contribution in [1.82, 2.24) is 15.6 Å². The van der Waals surface area contributed by atoms with Gasteiger partial charge in [0.2, 0.25) is 0 Å². The second-order valence-electron chi connectivity index (χ2n) is 5.28. The fraction of sp³-hybridized carbons (Fsp3) is 0.167. The molecule has 3 aromatic rings. The summed E-state index contributed by atoms with van der Waals surface area (Å²) in [6.45, 7) is 1.01. The molecular weight excluding hydrogens is 354 g/mol. The number of nitrogens with one attached hydrogen (secondary N) is 2. The summed E-state index contributed by atoms with van der Waals surface area (Å²) in [5, 5.41) is 7.32. The Labute approximate surface area is 154 Å². The van der Waals surface area contributed by atoms with Crippen molar-refractivity contribution >= 4 is 23.2 Å². The number of ether oxygens (including phenoxy) is 1. The van der Waals surface area contributed by atoms with E-state index in [-0.39, 0.29) is 17.6 Å². The Morgan fingerprint density at radius 3 is 2.50 bits per heavy atom. The van der Waals surface area contributed by atoms with Crippen LogP contribution in [0.2, 0.25) is 0 Å². The molecular formula is C18H17N3O4S. The number of hydrogen-bond donors (Lipinski definition) is 2. The van der Waals surface area contributed by atoms with Crippen molar-refractivity contribution in [3.8, 4) is 5.75 Å². The molecule has 2 amide bonds. The SMILES string of the molecule is O=C(NCCNC(=O)c1ccco1)c1ccc(OCc2cscn2)cc1. The van der Waals surface area contributed by atoms with Crippen molar-refractivity contribution in [3.63, 3.8) is 0 Å². The number of carbonyl (C=O) groups is 2. The van der Waals surface area contributed by atoms with Gasteiger partial charge in [0.05, 0.1) is 17.5 Å². The Morgan fingerprint density at radius 2 is 1.85 bits per heavy atom. The van der Waals surface area contributed by atoms with Crippen LogP contribution in [0.5, 0.6) is 5.75 Å². The molecule has 8 heteroatoms. The van der Waals surface area contributed by atoms with Gasteiger partial charge in [-0.3, -0.25) is 9.59 Å². The first-order chi connectivity index (χ1) is 12.7. The van der Waals surface area contributed by atoms with Crippen LogP contribution >= 0.6 is 11.3 Å². The van der Waals surface area contributed by atoms with Crippen LogP contribution in [0.3, 0.4) is 0 Å². The van der Waals surface area contributed by atoms with Crippen LogP contribution in [-0.2, 0) is 6.61 Å². The smallest absolute Gasteiger partial charge is 0.287 e. The quantitative estimate of drug-likeness (QED) is 0.594. The summed E-state index contributed by atoms with van der Waals surface area (Å²) in [6, 6.07) is 10.1. The molecule has 1 aromatic carbocycles.